The maximum absolute atomic E-state index is 12.1. The lowest BCUT2D eigenvalue weighted by molar-refractivity contribution is -0.125. The van der Waals surface area contributed by atoms with Gasteiger partial charge in [-0.1, -0.05) is 13.8 Å². The Balaban J connectivity index is 0.00000420. The number of anilines is 1. The number of nitrogens with one attached hydrogen (secondary N) is 2. The third-order valence-corrected chi connectivity index (χ3v) is 4.04. The van der Waals surface area contributed by atoms with Crippen molar-refractivity contribution < 1.29 is 19.1 Å². The molecule has 8 nitrogen and oxygen atoms in total. The Morgan fingerprint density at radius 1 is 1.10 bits per heavy atom. The smallest absolute Gasteiger partial charge is 0.243 e. The molecule has 0 radical (unpaired) electrons. The second kappa shape index (κ2) is 13.6. The third-order valence-electron chi connectivity index (χ3n) is 4.04. The molecule has 2 aromatic rings. The van der Waals surface area contributed by atoms with E-state index in [9.17, 15) is 9.59 Å². The number of amides is 2. The van der Waals surface area contributed by atoms with Gasteiger partial charge in [-0.05, 0) is 35.7 Å². The Morgan fingerprint density at radius 2 is 1.77 bits per heavy atom. The molecule has 1 aromatic carbocycles. The third kappa shape index (κ3) is 8.44. The summed E-state index contributed by atoms with van der Waals surface area (Å²) in [6.45, 7) is 3.85. The first-order chi connectivity index (χ1) is 13.4. The zero-order valence-corrected chi connectivity index (χ0v) is 18.7. The van der Waals surface area contributed by atoms with E-state index in [0.29, 0.717) is 23.8 Å². The molecule has 10 heteroatoms. The number of hydrogen-bond donors (Lipinski definition) is 3. The number of ether oxygens (including phenoxy) is 2. The van der Waals surface area contributed by atoms with Crippen molar-refractivity contribution in [2.24, 2.45) is 11.7 Å². The monoisotopic (exact) mass is 458 g/mol. The first-order valence-electron chi connectivity index (χ1n) is 8.93. The van der Waals surface area contributed by atoms with Crippen molar-refractivity contribution >= 4 is 42.3 Å². The number of aromatic nitrogens is 1. The summed E-state index contributed by atoms with van der Waals surface area (Å²) >= 11 is 0. The molecule has 0 unspecified atom stereocenters. The second-order valence-corrected chi connectivity index (χ2v) is 6.55. The summed E-state index contributed by atoms with van der Waals surface area (Å²) < 4.78 is 11.1. The molecule has 0 bridgehead atoms. The molecule has 2 rings (SSSR count). The van der Waals surface area contributed by atoms with Crippen LogP contribution in [0.2, 0.25) is 0 Å². The van der Waals surface area contributed by atoms with Crippen LogP contribution in [0.5, 0.6) is 11.5 Å². The number of nitrogens with two attached hydrogens (primary N) is 1. The molecule has 0 saturated heterocycles. The van der Waals surface area contributed by atoms with Crippen LogP contribution < -0.4 is 25.8 Å². The van der Waals surface area contributed by atoms with Crippen molar-refractivity contribution in [1.82, 2.24) is 10.3 Å². The molecule has 1 heterocycles. The fraction of sp³-hybridized carbons (Fsp3) is 0.350. The quantitative estimate of drug-likeness (QED) is 0.531. The van der Waals surface area contributed by atoms with E-state index in [4.69, 9.17) is 15.2 Å². The molecule has 0 aliphatic carbocycles. The first kappa shape index (κ1) is 27.5. The van der Waals surface area contributed by atoms with Gasteiger partial charge >= 0.3 is 0 Å². The lowest BCUT2D eigenvalue weighted by Gasteiger charge is -2.15. The van der Waals surface area contributed by atoms with E-state index in [1.165, 1.54) is 0 Å². The van der Waals surface area contributed by atoms with E-state index in [1.807, 2.05) is 26.0 Å². The maximum atomic E-state index is 12.1. The van der Waals surface area contributed by atoms with Crippen LogP contribution in [0, 0.1) is 5.92 Å². The van der Waals surface area contributed by atoms with Gasteiger partial charge in [0.1, 0.15) is 6.61 Å². The van der Waals surface area contributed by atoms with E-state index in [-0.39, 0.29) is 49.1 Å². The van der Waals surface area contributed by atoms with Crippen LogP contribution in [-0.4, -0.2) is 36.5 Å². The molecule has 2 amide bonds. The van der Waals surface area contributed by atoms with E-state index in [0.717, 1.165) is 5.56 Å². The van der Waals surface area contributed by atoms with Gasteiger partial charge in [0.25, 0.3) is 0 Å². The minimum Gasteiger partial charge on any atom is -0.493 e. The zero-order chi connectivity index (χ0) is 20.5. The largest absolute Gasteiger partial charge is 0.493 e. The van der Waals surface area contributed by atoms with Crippen molar-refractivity contribution in [3.8, 4) is 11.5 Å². The minimum absolute atomic E-state index is 0. The summed E-state index contributed by atoms with van der Waals surface area (Å²) in [7, 11) is 1.54. The van der Waals surface area contributed by atoms with Crippen molar-refractivity contribution in [1.29, 1.82) is 0 Å². The number of methoxy groups -OCH3 is 1. The van der Waals surface area contributed by atoms with Gasteiger partial charge in [-0.25, -0.2) is 0 Å². The SMILES string of the molecule is COc1ccc(NC(=O)CNC(=O)[C@@H](N)C(C)C)cc1OCc1ccncc1.Cl.Cl. The lowest BCUT2D eigenvalue weighted by atomic mass is 10.1. The number of carbonyl (C=O) groups excluding carboxylic acids is 2. The summed E-state index contributed by atoms with van der Waals surface area (Å²) in [6, 6.07) is 8.11. The van der Waals surface area contributed by atoms with Crippen LogP contribution in [0.1, 0.15) is 19.4 Å². The predicted octanol–water partition coefficient (Wildman–Crippen LogP) is 2.55. The van der Waals surface area contributed by atoms with Gasteiger partial charge in [-0.3, -0.25) is 14.6 Å². The number of rotatable bonds is 9. The summed E-state index contributed by atoms with van der Waals surface area (Å²) in [5.41, 5.74) is 7.23. The van der Waals surface area contributed by atoms with Gasteiger partial charge in [0.2, 0.25) is 11.8 Å². The Kier molecular flexibility index (Phi) is 12.5. The van der Waals surface area contributed by atoms with Crippen molar-refractivity contribution in [2.75, 3.05) is 19.0 Å². The van der Waals surface area contributed by atoms with Crippen molar-refractivity contribution in [3.63, 3.8) is 0 Å². The minimum atomic E-state index is -0.651. The first-order valence-corrected chi connectivity index (χ1v) is 8.93. The van der Waals surface area contributed by atoms with Gasteiger partial charge in [0.15, 0.2) is 11.5 Å². The Bertz CT molecular complexity index is 807. The highest BCUT2D eigenvalue weighted by molar-refractivity contribution is 5.95. The zero-order valence-electron chi connectivity index (χ0n) is 17.1. The molecule has 1 aromatic heterocycles. The number of pyridine rings is 1. The fourth-order valence-corrected chi connectivity index (χ4v) is 2.30. The van der Waals surface area contributed by atoms with Gasteiger partial charge in [-0.15, -0.1) is 24.8 Å². The molecule has 4 N–H and O–H groups in total. The van der Waals surface area contributed by atoms with E-state index >= 15 is 0 Å². The second-order valence-electron chi connectivity index (χ2n) is 6.55. The Hall–Kier alpha value is -2.55. The number of carbonyl (C=O) groups is 2. The fourth-order valence-electron chi connectivity index (χ4n) is 2.30. The number of nitrogens with zero attached hydrogens (tertiary/aromatic N) is 1. The summed E-state index contributed by atoms with van der Waals surface area (Å²) in [5, 5.41) is 5.25. The molecule has 0 aliphatic heterocycles. The molecule has 166 valence electrons. The van der Waals surface area contributed by atoms with Gasteiger partial charge in [-0.2, -0.15) is 0 Å². The number of halogens is 2. The summed E-state index contributed by atoms with van der Waals surface area (Å²) in [4.78, 5) is 27.9. The standard InChI is InChI=1S/C20H26N4O4.2ClH/c1-13(2)19(21)20(26)23-11-18(25)24-15-4-5-16(27-3)17(10-15)28-12-14-6-8-22-9-7-14;;/h4-10,13,19H,11-12,21H2,1-3H3,(H,23,26)(H,24,25);2*1H/t19-;;/m0../s1. The van der Waals surface area contributed by atoms with Crippen LogP contribution >= 0.6 is 24.8 Å². The van der Waals surface area contributed by atoms with E-state index in [2.05, 4.69) is 15.6 Å². The molecule has 0 spiro atoms. The highest BCUT2D eigenvalue weighted by Crippen LogP contribution is 2.30. The lowest BCUT2D eigenvalue weighted by Crippen LogP contribution is -2.46. The number of benzene rings is 1. The molecular weight excluding hydrogens is 431 g/mol. The maximum Gasteiger partial charge on any atom is 0.243 e. The number of hydrogen-bond acceptors (Lipinski definition) is 6. The molecule has 0 saturated carbocycles. The normalized spacial score (nSPS) is 10.8. The van der Waals surface area contributed by atoms with Gasteiger partial charge < -0.3 is 25.8 Å². The Labute approximate surface area is 188 Å². The van der Waals surface area contributed by atoms with E-state index < -0.39 is 6.04 Å². The summed E-state index contributed by atoms with van der Waals surface area (Å²) in [6.07, 6.45) is 3.37. The summed E-state index contributed by atoms with van der Waals surface area (Å²) in [5.74, 6) is 0.298. The van der Waals surface area contributed by atoms with Crippen LogP contribution in [0.25, 0.3) is 0 Å². The van der Waals surface area contributed by atoms with E-state index in [1.54, 1.807) is 37.7 Å². The average Bonchev–Trinajstić information content (AvgIpc) is 2.70. The highest BCUT2D eigenvalue weighted by Gasteiger charge is 2.17. The topological polar surface area (TPSA) is 116 Å². The molecule has 30 heavy (non-hydrogen) atoms. The van der Waals surface area contributed by atoms with Crippen LogP contribution in [0.4, 0.5) is 5.69 Å². The molecule has 0 aliphatic rings. The Morgan fingerprint density at radius 3 is 2.37 bits per heavy atom. The predicted molar refractivity (Wildman–Crippen MR) is 121 cm³/mol. The van der Waals surface area contributed by atoms with Crippen LogP contribution in [0.15, 0.2) is 42.7 Å². The average molecular weight is 459 g/mol. The van der Waals surface area contributed by atoms with Crippen molar-refractivity contribution in [2.45, 2.75) is 26.5 Å². The van der Waals surface area contributed by atoms with Crippen LogP contribution in [-0.2, 0) is 16.2 Å². The molecule has 1 atom stereocenters. The van der Waals surface area contributed by atoms with Gasteiger partial charge in [0.05, 0.1) is 19.7 Å². The van der Waals surface area contributed by atoms with Gasteiger partial charge in [0, 0.05) is 24.1 Å². The van der Waals surface area contributed by atoms with Crippen LogP contribution in [0.3, 0.4) is 0 Å². The molecule has 0 fully saturated rings. The highest BCUT2D eigenvalue weighted by atomic mass is 35.5. The van der Waals surface area contributed by atoms with Crippen molar-refractivity contribution in [3.05, 3.63) is 48.3 Å². The molecular formula is C20H28Cl2N4O4.